The molecule has 4 rings (SSSR count). The van der Waals surface area contributed by atoms with Crippen molar-refractivity contribution in [2.75, 3.05) is 31.7 Å². The lowest BCUT2D eigenvalue weighted by Crippen LogP contribution is -2.35. The van der Waals surface area contributed by atoms with Crippen LogP contribution in [0.2, 0.25) is 0 Å². The number of rotatable bonds is 2. The summed E-state index contributed by atoms with van der Waals surface area (Å²) in [6, 6.07) is 7.87. The number of carbonyl (C=O) groups excluding carboxylic acids is 1. The first-order valence-electron chi connectivity index (χ1n) is 8.36. The number of amides is 1. The van der Waals surface area contributed by atoms with Crippen LogP contribution in [0.5, 0.6) is 0 Å². The van der Waals surface area contributed by atoms with Crippen molar-refractivity contribution in [1.29, 1.82) is 0 Å². The van der Waals surface area contributed by atoms with Gasteiger partial charge < -0.3 is 16.0 Å². The molecule has 1 aromatic carbocycles. The summed E-state index contributed by atoms with van der Waals surface area (Å²) < 4.78 is 0. The predicted molar refractivity (Wildman–Crippen MR) is 96.1 cm³/mol. The molecule has 1 amide bonds. The van der Waals surface area contributed by atoms with Crippen LogP contribution < -0.4 is 11.1 Å². The normalized spacial score (nSPS) is 17.1. The highest BCUT2D eigenvalue weighted by Gasteiger charge is 2.44. The summed E-state index contributed by atoms with van der Waals surface area (Å²) >= 11 is 0. The van der Waals surface area contributed by atoms with E-state index in [-0.39, 0.29) is 11.3 Å². The second-order valence-electron chi connectivity index (χ2n) is 7.11. The number of nitrogens with two attached hydrogens (primary N) is 1. The SMILES string of the molecule is CN(C)C(=O)c1cc(-c2cnc3c(c2)C2(CCC2)CN3)ccc1N. The number of hydrogen-bond acceptors (Lipinski definition) is 4. The predicted octanol–water partition coefficient (Wildman–Crippen LogP) is 2.88. The van der Waals surface area contributed by atoms with Crippen molar-refractivity contribution in [2.24, 2.45) is 0 Å². The summed E-state index contributed by atoms with van der Waals surface area (Å²) in [5.41, 5.74) is 10.6. The van der Waals surface area contributed by atoms with Gasteiger partial charge in [-0.15, -0.1) is 0 Å². The minimum absolute atomic E-state index is 0.0828. The van der Waals surface area contributed by atoms with Crippen LogP contribution in [0.25, 0.3) is 11.1 Å². The van der Waals surface area contributed by atoms with Gasteiger partial charge in [-0.3, -0.25) is 4.79 Å². The second kappa shape index (κ2) is 5.23. The molecule has 1 saturated carbocycles. The van der Waals surface area contributed by atoms with Crippen LogP contribution in [0.1, 0.15) is 35.2 Å². The van der Waals surface area contributed by atoms with E-state index in [1.54, 1.807) is 25.1 Å². The van der Waals surface area contributed by atoms with E-state index in [1.165, 1.54) is 24.8 Å². The van der Waals surface area contributed by atoms with Gasteiger partial charge in [-0.2, -0.15) is 0 Å². The van der Waals surface area contributed by atoms with Gasteiger partial charge in [0.05, 0.1) is 5.56 Å². The van der Waals surface area contributed by atoms with E-state index in [0.29, 0.717) is 11.3 Å². The molecule has 3 N–H and O–H groups in total. The van der Waals surface area contributed by atoms with Crippen molar-refractivity contribution < 1.29 is 4.79 Å². The van der Waals surface area contributed by atoms with Crippen molar-refractivity contribution >= 4 is 17.4 Å². The fourth-order valence-electron chi connectivity index (χ4n) is 3.73. The molecule has 5 nitrogen and oxygen atoms in total. The number of aromatic nitrogens is 1. The Morgan fingerprint density at radius 3 is 2.71 bits per heavy atom. The van der Waals surface area contributed by atoms with E-state index >= 15 is 0 Å². The first kappa shape index (κ1) is 15.0. The third-order valence-electron chi connectivity index (χ3n) is 5.39. The molecule has 1 aliphatic carbocycles. The average molecular weight is 322 g/mol. The summed E-state index contributed by atoms with van der Waals surface area (Å²) in [5, 5.41) is 3.43. The van der Waals surface area contributed by atoms with Crippen molar-refractivity contribution in [3.63, 3.8) is 0 Å². The smallest absolute Gasteiger partial charge is 0.255 e. The van der Waals surface area contributed by atoms with Crippen LogP contribution in [0.3, 0.4) is 0 Å². The van der Waals surface area contributed by atoms with E-state index in [4.69, 9.17) is 5.73 Å². The molecule has 0 radical (unpaired) electrons. The number of benzene rings is 1. The van der Waals surface area contributed by atoms with Gasteiger partial charge in [0.25, 0.3) is 5.91 Å². The minimum Gasteiger partial charge on any atom is -0.398 e. The Morgan fingerprint density at radius 1 is 1.25 bits per heavy atom. The summed E-state index contributed by atoms with van der Waals surface area (Å²) in [5.74, 6) is 0.930. The first-order chi connectivity index (χ1) is 11.5. The summed E-state index contributed by atoms with van der Waals surface area (Å²) in [4.78, 5) is 18.5. The van der Waals surface area contributed by atoms with Gasteiger partial charge in [0.15, 0.2) is 0 Å². The van der Waals surface area contributed by atoms with Crippen LogP contribution in [0.4, 0.5) is 11.5 Å². The molecule has 0 unspecified atom stereocenters. The number of fused-ring (bicyclic) bond motifs is 2. The lowest BCUT2D eigenvalue weighted by atomic mass is 9.66. The van der Waals surface area contributed by atoms with E-state index in [2.05, 4.69) is 16.4 Å². The van der Waals surface area contributed by atoms with Crippen LogP contribution in [0, 0.1) is 0 Å². The Labute approximate surface area is 141 Å². The molecule has 1 aliphatic heterocycles. The lowest BCUT2D eigenvalue weighted by molar-refractivity contribution is 0.0828. The highest BCUT2D eigenvalue weighted by atomic mass is 16.2. The summed E-state index contributed by atoms with van der Waals surface area (Å²) in [7, 11) is 3.47. The lowest BCUT2D eigenvalue weighted by Gasteiger charge is -2.38. The van der Waals surface area contributed by atoms with Crippen LogP contribution in [0.15, 0.2) is 30.5 Å². The van der Waals surface area contributed by atoms with Crippen molar-refractivity contribution in [3.8, 4) is 11.1 Å². The molecule has 24 heavy (non-hydrogen) atoms. The fraction of sp³-hybridized carbons (Fsp3) is 0.368. The standard InChI is InChI=1S/C19H22N4O/c1-23(2)18(24)14-8-12(4-5-16(14)20)13-9-15-17(21-10-13)22-11-19(15)6-3-7-19/h4-5,8-10H,3,6-7,11,20H2,1-2H3,(H,21,22). The van der Waals surface area contributed by atoms with Gasteiger partial charge in [-0.25, -0.2) is 4.98 Å². The maximum Gasteiger partial charge on any atom is 0.255 e. The number of anilines is 2. The van der Waals surface area contributed by atoms with Gasteiger partial charge >= 0.3 is 0 Å². The van der Waals surface area contributed by atoms with Gasteiger partial charge in [-0.05, 0) is 36.6 Å². The zero-order chi connectivity index (χ0) is 16.9. The molecule has 1 fully saturated rings. The summed E-state index contributed by atoms with van der Waals surface area (Å²) in [6.45, 7) is 0.991. The highest BCUT2D eigenvalue weighted by molar-refractivity contribution is 6.00. The first-order valence-corrected chi connectivity index (χ1v) is 8.36. The Balaban J connectivity index is 1.76. The Hall–Kier alpha value is -2.56. The van der Waals surface area contributed by atoms with E-state index in [0.717, 1.165) is 23.5 Å². The molecule has 0 atom stereocenters. The maximum atomic E-state index is 12.3. The maximum absolute atomic E-state index is 12.3. The molecule has 1 spiro atoms. The third kappa shape index (κ3) is 2.15. The number of nitrogens with zero attached hydrogens (tertiary/aromatic N) is 2. The zero-order valence-corrected chi connectivity index (χ0v) is 14.1. The van der Waals surface area contributed by atoms with Crippen molar-refractivity contribution in [1.82, 2.24) is 9.88 Å². The van der Waals surface area contributed by atoms with E-state index < -0.39 is 0 Å². The molecule has 0 bridgehead atoms. The second-order valence-corrected chi connectivity index (χ2v) is 7.11. The van der Waals surface area contributed by atoms with E-state index in [9.17, 15) is 4.79 Å². The largest absolute Gasteiger partial charge is 0.398 e. The topological polar surface area (TPSA) is 71.2 Å². The van der Waals surface area contributed by atoms with Gasteiger partial charge in [0.2, 0.25) is 0 Å². The zero-order valence-electron chi connectivity index (χ0n) is 14.1. The molecule has 124 valence electrons. The van der Waals surface area contributed by atoms with Gasteiger partial charge in [0.1, 0.15) is 5.82 Å². The average Bonchev–Trinajstić information content (AvgIpc) is 2.93. The number of hydrogen-bond donors (Lipinski definition) is 2. The third-order valence-corrected chi connectivity index (χ3v) is 5.39. The molecular formula is C19H22N4O. The Kier molecular flexibility index (Phi) is 3.27. The van der Waals surface area contributed by atoms with Gasteiger partial charge in [0, 0.05) is 49.1 Å². The summed E-state index contributed by atoms with van der Waals surface area (Å²) in [6.07, 6.45) is 5.61. The molecule has 0 saturated heterocycles. The number of nitrogens with one attached hydrogen (secondary N) is 1. The molecular weight excluding hydrogens is 300 g/mol. The van der Waals surface area contributed by atoms with Crippen LogP contribution >= 0.6 is 0 Å². The molecule has 5 heteroatoms. The van der Waals surface area contributed by atoms with Crippen molar-refractivity contribution in [2.45, 2.75) is 24.7 Å². The monoisotopic (exact) mass is 322 g/mol. The van der Waals surface area contributed by atoms with Gasteiger partial charge in [-0.1, -0.05) is 12.5 Å². The fourth-order valence-corrected chi connectivity index (χ4v) is 3.73. The molecule has 2 aromatic rings. The van der Waals surface area contributed by atoms with E-state index in [1.807, 2.05) is 18.3 Å². The molecule has 2 heterocycles. The number of nitrogen functional groups attached to an aromatic ring is 1. The quantitative estimate of drug-likeness (QED) is 0.834. The highest BCUT2D eigenvalue weighted by Crippen LogP contribution is 2.50. The molecule has 2 aliphatic rings. The minimum atomic E-state index is -0.0828. The Morgan fingerprint density at radius 2 is 2.04 bits per heavy atom. The number of carbonyl (C=O) groups is 1. The molecule has 1 aromatic heterocycles. The number of pyridine rings is 1. The Bertz CT molecular complexity index is 824. The van der Waals surface area contributed by atoms with Crippen LogP contribution in [-0.4, -0.2) is 36.4 Å². The van der Waals surface area contributed by atoms with Crippen LogP contribution in [-0.2, 0) is 5.41 Å². The van der Waals surface area contributed by atoms with Crippen molar-refractivity contribution in [3.05, 3.63) is 41.6 Å².